The van der Waals surface area contributed by atoms with Crippen molar-refractivity contribution in [3.8, 4) is 0 Å². The average Bonchev–Trinajstić information content (AvgIpc) is 3.29. The summed E-state index contributed by atoms with van der Waals surface area (Å²) < 4.78 is 0. The lowest BCUT2D eigenvalue weighted by Crippen LogP contribution is -2.62. The zero-order chi connectivity index (χ0) is 53.5. The van der Waals surface area contributed by atoms with E-state index < -0.39 is 95.5 Å². The Morgan fingerprint density at radius 2 is 0.843 bits per heavy atom. The van der Waals surface area contributed by atoms with E-state index in [0.29, 0.717) is 51.6 Å². The van der Waals surface area contributed by atoms with Crippen LogP contribution in [0.15, 0.2) is 15.0 Å². The van der Waals surface area contributed by atoms with Gasteiger partial charge in [-0.2, -0.15) is 0 Å². The predicted octanol–water partition coefficient (Wildman–Crippen LogP) is -2.97. The number of nitrogens with one attached hydrogen (secondary N) is 7. The number of carbonyl (C=O) groups excluding carboxylic acids is 7. The molecular formula is C45H90N18O7. The van der Waals surface area contributed by atoms with Gasteiger partial charge in [0.1, 0.15) is 36.3 Å². The number of hydrogen-bond donors (Lipinski definition) is 15. The Labute approximate surface area is 414 Å². The molecule has 9 unspecified atom stereocenters. The number of nitrogens with zero attached hydrogens (tertiary/aromatic N) is 3. The second kappa shape index (κ2) is 35.2. The highest BCUT2D eigenvalue weighted by Gasteiger charge is 2.37. The standard InChI is InChI=1S/C45H90N18O7/c1-9-27(7)34(62-36(64)29(47)16-13-21-55-43(48)49)42(70)60-32(24-25(3)4)39(67)61-33(26(5)6)40(68)63-35(28(8)10-2)41(69)59-31(18-15-23-57-45(52)53)38(66)58-30(17-14-22-56-44(50)51)37(65)54-20-12-11-19-46/h25-35H,9-24,46-47H2,1-8H3,(H,54,65)(H,58,66)(H,59,69)(H,60,70)(H,61,67)(H,62,64)(H,63,68)(H4,48,49,55)(H4,50,51,56)(H4,52,53,57). The average molecular weight is 995 g/mol. The van der Waals surface area contributed by atoms with E-state index in [1.54, 1.807) is 27.7 Å². The highest BCUT2D eigenvalue weighted by molar-refractivity contribution is 5.97. The fourth-order valence-corrected chi connectivity index (χ4v) is 6.99. The van der Waals surface area contributed by atoms with Crippen molar-refractivity contribution in [2.24, 2.45) is 84.5 Å². The van der Waals surface area contributed by atoms with Gasteiger partial charge in [0.15, 0.2) is 17.9 Å². The fourth-order valence-electron chi connectivity index (χ4n) is 6.99. The molecule has 7 amide bonds. The molecule has 0 aliphatic heterocycles. The first-order valence-corrected chi connectivity index (χ1v) is 24.6. The molecule has 9 atom stereocenters. The van der Waals surface area contributed by atoms with Crippen LogP contribution in [-0.4, -0.2) is 134 Å². The number of carbonyl (C=O) groups is 7. The summed E-state index contributed by atoms with van der Waals surface area (Å²) in [5, 5.41) is 19.5. The summed E-state index contributed by atoms with van der Waals surface area (Å²) in [5.41, 5.74) is 44.5. The van der Waals surface area contributed by atoms with E-state index in [-0.39, 0.29) is 81.5 Å². The summed E-state index contributed by atoms with van der Waals surface area (Å²) in [6.07, 6.45) is 3.95. The topological polar surface area (TPSA) is 449 Å². The molecule has 25 nitrogen and oxygen atoms in total. The Morgan fingerprint density at radius 1 is 0.457 bits per heavy atom. The largest absolute Gasteiger partial charge is 0.370 e. The molecule has 402 valence electrons. The summed E-state index contributed by atoms with van der Waals surface area (Å²) >= 11 is 0. The van der Waals surface area contributed by atoms with Gasteiger partial charge in [-0.25, -0.2) is 0 Å². The van der Waals surface area contributed by atoms with Crippen LogP contribution in [0.3, 0.4) is 0 Å². The van der Waals surface area contributed by atoms with E-state index in [9.17, 15) is 33.6 Å². The first kappa shape index (κ1) is 64.0. The Kier molecular flexibility index (Phi) is 32.2. The van der Waals surface area contributed by atoms with Crippen molar-refractivity contribution >= 4 is 59.2 Å². The van der Waals surface area contributed by atoms with Gasteiger partial charge in [-0.15, -0.1) is 0 Å². The molecule has 0 aliphatic rings. The van der Waals surface area contributed by atoms with Gasteiger partial charge in [0.2, 0.25) is 41.4 Å². The number of aliphatic imine (C=N–C) groups is 3. The number of hydrogen-bond acceptors (Lipinski definition) is 12. The van der Waals surface area contributed by atoms with E-state index in [2.05, 4.69) is 52.2 Å². The summed E-state index contributed by atoms with van der Waals surface area (Å²) in [4.78, 5) is 109. The number of rotatable bonds is 36. The molecule has 0 aromatic carbocycles. The van der Waals surface area contributed by atoms with Crippen LogP contribution in [0, 0.1) is 23.7 Å². The van der Waals surface area contributed by atoms with Gasteiger partial charge in [-0.3, -0.25) is 48.5 Å². The quantitative estimate of drug-likeness (QED) is 0.0169. The van der Waals surface area contributed by atoms with Gasteiger partial charge in [0, 0.05) is 26.2 Å². The lowest BCUT2D eigenvalue weighted by Gasteiger charge is -2.31. The van der Waals surface area contributed by atoms with Gasteiger partial charge in [0.05, 0.1) is 6.04 Å². The van der Waals surface area contributed by atoms with Gasteiger partial charge >= 0.3 is 0 Å². The molecule has 0 spiro atoms. The Bertz CT molecular complexity index is 1720. The van der Waals surface area contributed by atoms with Gasteiger partial charge < -0.3 is 83.1 Å². The summed E-state index contributed by atoms with van der Waals surface area (Å²) in [7, 11) is 0. The van der Waals surface area contributed by atoms with E-state index in [1.165, 1.54) is 0 Å². The first-order chi connectivity index (χ1) is 32.9. The van der Waals surface area contributed by atoms with Crippen molar-refractivity contribution in [3.05, 3.63) is 0 Å². The minimum Gasteiger partial charge on any atom is -0.370 e. The Balaban J connectivity index is 6.55. The van der Waals surface area contributed by atoms with Crippen LogP contribution in [0.2, 0.25) is 0 Å². The van der Waals surface area contributed by atoms with Crippen LogP contribution in [-0.2, 0) is 33.6 Å². The second-order valence-corrected chi connectivity index (χ2v) is 18.5. The van der Waals surface area contributed by atoms with E-state index in [0.717, 1.165) is 0 Å². The first-order valence-electron chi connectivity index (χ1n) is 24.6. The number of amides is 7. The number of guanidine groups is 3. The molecule has 23 N–H and O–H groups in total. The molecule has 0 aliphatic carbocycles. The van der Waals surface area contributed by atoms with Crippen LogP contribution in [0.4, 0.5) is 0 Å². The van der Waals surface area contributed by atoms with Gasteiger partial charge in [-0.05, 0) is 88.0 Å². The molecule has 25 heteroatoms. The second-order valence-electron chi connectivity index (χ2n) is 18.5. The van der Waals surface area contributed by atoms with Crippen molar-refractivity contribution in [1.29, 1.82) is 0 Å². The van der Waals surface area contributed by atoms with Crippen LogP contribution in [0.1, 0.15) is 126 Å². The van der Waals surface area contributed by atoms with E-state index in [1.807, 2.05) is 27.7 Å². The van der Waals surface area contributed by atoms with Crippen molar-refractivity contribution in [2.75, 3.05) is 32.7 Å². The highest BCUT2D eigenvalue weighted by Crippen LogP contribution is 2.15. The Hall–Kier alpha value is -5.98. The maximum absolute atomic E-state index is 14.3. The van der Waals surface area contributed by atoms with E-state index >= 15 is 0 Å². The lowest BCUT2D eigenvalue weighted by molar-refractivity contribution is -0.137. The third kappa shape index (κ3) is 26.7. The zero-order valence-electron chi connectivity index (χ0n) is 43.0. The number of unbranched alkanes of at least 4 members (excludes halogenated alkanes) is 1. The SMILES string of the molecule is CCC(C)C(NC(=O)C(N)CCCN=C(N)N)C(=O)NC(CC(C)C)C(=O)NC(C(=O)NC(C(=O)NC(CCCN=C(N)N)C(=O)NC(CCCN=C(N)N)C(=O)NCCCCN)C(C)CC)C(C)C. The lowest BCUT2D eigenvalue weighted by atomic mass is 9.95. The number of nitrogens with two attached hydrogens (primary N) is 8. The molecule has 0 heterocycles. The van der Waals surface area contributed by atoms with E-state index in [4.69, 9.17) is 45.9 Å². The molecule has 0 aromatic heterocycles. The predicted molar refractivity (Wildman–Crippen MR) is 274 cm³/mol. The molecule has 70 heavy (non-hydrogen) atoms. The normalized spacial score (nSPS) is 15.0. The Morgan fingerprint density at radius 3 is 1.27 bits per heavy atom. The van der Waals surface area contributed by atoms with Crippen molar-refractivity contribution < 1.29 is 33.6 Å². The molecule has 0 aromatic rings. The van der Waals surface area contributed by atoms with Gasteiger partial charge in [0.25, 0.3) is 0 Å². The molecule has 0 bridgehead atoms. The maximum atomic E-state index is 14.3. The van der Waals surface area contributed by atoms with Crippen molar-refractivity contribution in [2.45, 2.75) is 168 Å². The molecule has 0 fully saturated rings. The van der Waals surface area contributed by atoms with Gasteiger partial charge in [-0.1, -0.05) is 68.2 Å². The molecule has 0 saturated carbocycles. The minimum atomic E-state index is -1.20. The smallest absolute Gasteiger partial charge is 0.243 e. The minimum absolute atomic E-state index is 0.0527. The third-order valence-corrected chi connectivity index (χ3v) is 11.6. The fraction of sp³-hybridized carbons (Fsp3) is 0.778. The summed E-state index contributed by atoms with van der Waals surface area (Å²) in [6, 6.07) is -7.68. The van der Waals surface area contributed by atoms with Crippen LogP contribution in [0.25, 0.3) is 0 Å². The monoisotopic (exact) mass is 995 g/mol. The highest BCUT2D eigenvalue weighted by atomic mass is 16.2. The van der Waals surface area contributed by atoms with Crippen LogP contribution in [0.5, 0.6) is 0 Å². The van der Waals surface area contributed by atoms with Crippen molar-refractivity contribution in [3.63, 3.8) is 0 Å². The molecule has 0 saturated heterocycles. The maximum Gasteiger partial charge on any atom is 0.243 e. The third-order valence-electron chi connectivity index (χ3n) is 11.6. The molecule has 0 rings (SSSR count). The zero-order valence-corrected chi connectivity index (χ0v) is 43.0. The molecular weight excluding hydrogens is 905 g/mol. The van der Waals surface area contributed by atoms with Crippen molar-refractivity contribution in [1.82, 2.24) is 37.2 Å². The summed E-state index contributed by atoms with van der Waals surface area (Å²) in [6.45, 7) is 15.8. The molecule has 0 radical (unpaired) electrons. The summed E-state index contributed by atoms with van der Waals surface area (Å²) in [5.74, 6) is -6.05. The van der Waals surface area contributed by atoms with Crippen LogP contribution < -0.4 is 83.1 Å². The van der Waals surface area contributed by atoms with Crippen LogP contribution >= 0.6 is 0 Å².